The van der Waals surface area contributed by atoms with Crippen LogP contribution >= 0.6 is 0 Å². The van der Waals surface area contributed by atoms with Gasteiger partial charge in [0.25, 0.3) is 0 Å². The number of aromatic nitrogens is 4. The van der Waals surface area contributed by atoms with Gasteiger partial charge in [-0.05, 0) is 22.8 Å². The quantitative estimate of drug-likeness (QED) is 0.815. The van der Waals surface area contributed by atoms with Crippen LogP contribution in [0, 0.1) is 11.8 Å². The summed E-state index contributed by atoms with van der Waals surface area (Å²) >= 11 is 0. The summed E-state index contributed by atoms with van der Waals surface area (Å²) in [6.45, 7) is 8.55. The topological polar surface area (TPSA) is 80.9 Å². The summed E-state index contributed by atoms with van der Waals surface area (Å²) in [5.74, 6) is 0.400. The van der Waals surface area contributed by atoms with E-state index in [9.17, 15) is 4.79 Å². The average molecular weight is 240 g/mol. The fourth-order valence-electron chi connectivity index (χ4n) is 1.43. The molecule has 17 heavy (non-hydrogen) atoms. The number of hydrogen-bond donors (Lipinski definition) is 1. The third-order valence-electron chi connectivity index (χ3n) is 3.16. The summed E-state index contributed by atoms with van der Waals surface area (Å²) in [6, 6.07) is 0. The van der Waals surface area contributed by atoms with Crippen LogP contribution in [0.2, 0.25) is 0 Å². The van der Waals surface area contributed by atoms with Gasteiger partial charge in [0, 0.05) is 12.5 Å². The minimum atomic E-state index is -0.781. The van der Waals surface area contributed by atoms with Gasteiger partial charge in [-0.2, -0.15) is 0 Å². The largest absolute Gasteiger partial charge is 0.481 e. The third kappa shape index (κ3) is 3.51. The van der Waals surface area contributed by atoms with Crippen molar-refractivity contribution in [1.29, 1.82) is 0 Å². The van der Waals surface area contributed by atoms with Crippen molar-refractivity contribution in [3.63, 3.8) is 0 Å². The number of aryl methyl sites for hydroxylation is 1. The molecule has 0 aliphatic rings. The van der Waals surface area contributed by atoms with Crippen LogP contribution < -0.4 is 0 Å². The molecule has 0 fully saturated rings. The summed E-state index contributed by atoms with van der Waals surface area (Å²) in [6.07, 6.45) is 0.540. The molecule has 96 valence electrons. The zero-order chi connectivity index (χ0) is 13.0. The highest BCUT2D eigenvalue weighted by Gasteiger charge is 2.19. The monoisotopic (exact) mass is 240 g/mol. The van der Waals surface area contributed by atoms with E-state index in [2.05, 4.69) is 36.3 Å². The first kappa shape index (κ1) is 13.6. The van der Waals surface area contributed by atoms with E-state index < -0.39 is 5.97 Å². The predicted molar refractivity (Wildman–Crippen MR) is 62.5 cm³/mol. The van der Waals surface area contributed by atoms with Crippen LogP contribution in [0.15, 0.2) is 0 Å². The minimum Gasteiger partial charge on any atom is -0.481 e. The van der Waals surface area contributed by atoms with E-state index in [1.165, 1.54) is 0 Å². The Hall–Kier alpha value is -1.46. The molecule has 0 radical (unpaired) electrons. The van der Waals surface area contributed by atoms with Gasteiger partial charge in [0.1, 0.15) is 0 Å². The average Bonchev–Trinajstić information content (AvgIpc) is 2.72. The molecule has 6 nitrogen and oxygen atoms in total. The van der Waals surface area contributed by atoms with Crippen LogP contribution in [-0.4, -0.2) is 31.3 Å². The summed E-state index contributed by atoms with van der Waals surface area (Å²) in [5.41, 5.74) is 0. The molecule has 2 unspecified atom stereocenters. The lowest BCUT2D eigenvalue weighted by molar-refractivity contribution is -0.141. The standard InChI is InChI=1S/C11H20N4O2/c1-7(2)9(4)10-12-13-14-15(10)6-5-8(3)11(16)17/h7-9H,5-6H2,1-4H3,(H,16,17). The van der Waals surface area contributed by atoms with E-state index in [1.807, 2.05) is 0 Å². The maximum Gasteiger partial charge on any atom is 0.306 e. The highest BCUT2D eigenvalue weighted by Crippen LogP contribution is 2.21. The van der Waals surface area contributed by atoms with Crippen molar-refractivity contribution < 1.29 is 9.90 Å². The van der Waals surface area contributed by atoms with E-state index in [-0.39, 0.29) is 11.8 Å². The van der Waals surface area contributed by atoms with E-state index >= 15 is 0 Å². The van der Waals surface area contributed by atoms with Gasteiger partial charge in [-0.1, -0.05) is 27.7 Å². The van der Waals surface area contributed by atoms with Crippen molar-refractivity contribution in [1.82, 2.24) is 20.2 Å². The van der Waals surface area contributed by atoms with Crippen molar-refractivity contribution in [2.75, 3.05) is 0 Å². The lowest BCUT2D eigenvalue weighted by Crippen LogP contribution is -2.17. The van der Waals surface area contributed by atoms with Gasteiger partial charge in [0.15, 0.2) is 5.82 Å². The number of hydrogen-bond acceptors (Lipinski definition) is 4. The Morgan fingerprint density at radius 2 is 2.00 bits per heavy atom. The Bertz CT molecular complexity index is 375. The maximum absolute atomic E-state index is 10.7. The maximum atomic E-state index is 10.7. The molecule has 1 heterocycles. The molecule has 0 saturated heterocycles. The molecule has 0 aliphatic heterocycles. The molecule has 0 aliphatic carbocycles. The molecule has 0 spiro atoms. The predicted octanol–water partition coefficient (Wildman–Crippen LogP) is 1.54. The molecule has 1 aromatic rings. The highest BCUT2D eigenvalue weighted by molar-refractivity contribution is 5.69. The van der Waals surface area contributed by atoms with Gasteiger partial charge in [-0.15, -0.1) is 5.10 Å². The first-order valence-corrected chi connectivity index (χ1v) is 5.92. The van der Waals surface area contributed by atoms with Gasteiger partial charge < -0.3 is 5.11 Å². The van der Waals surface area contributed by atoms with Crippen LogP contribution in [-0.2, 0) is 11.3 Å². The molecular weight excluding hydrogens is 220 g/mol. The molecule has 0 aromatic carbocycles. The summed E-state index contributed by atoms with van der Waals surface area (Å²) in [7, 11) is 0. The Balaban J connectivity index is 2.66. The van der Waals surface area contributed by atoms with Crippen LogP contribution in [0.1, 0.15) is 45.9 Å². The van der Waals surface area contributed by atoms with Crippen LogP contribution in [0.5, 0.6) is 0 Å². The number of carboxylic acid groups (broad SMARTS) is 1. The second-order valence-corrected chi connectivity index (χ2v) is 4.82. The smallest absolute Gasteiger partial charge is 0.306 e. The van der Waals surface area contributed by atoms with Crippen LogP contribution in [0.3, 0.4) is 0 Å². The van der Waals surface area contributed by atoms with Crippen molar-refractivity contribution in [2.45, 2.75) is 46.6 Å². The third-order valence-corrected chi connectivity index (χ3v) is 3.16. The van der Waals surface area contributed by atoms with Crippen LogP contribution in [0.25, 0.3) is 0 Å². The fourth-order valence-corrected chi connectivity index (χ4v) is 1.43. The Morgan fingerprint density at radius 1 is 1.35 bits per heavy atom. The minimum absolute atomic E-state index is 0.269. The molecule has 0 saturated carbocycles. The molecule has 1 N–H and O–H groups in total. The van der Waals surface area contributed by atoms with Crippen LogP contribution in [0.4, 0.5) is 0 Å². The Labute approximate surface area is 101 Å². The number of nitrogens with zero attached hydrogens (tertiary/aromatic N) is 4. The molecule has 6 heteroatoms. The zero-order valence-electron chi connectivity index (χ0n) is 10.8. The lowest BCUT2D eigenvalue weighted by atomic mass is 9.97. The number of aliphatic carboxylic acids is 1. The number of rotatable bonds is 6. The summed E-state index contributed by atoms with van der Waals surface area (Å²) < 4.78 is 1.71. The van der Waals surface area contributed by atoms with Crippen molar-refractivity contribution >= 4 is 5.97 Å². The van der Waals surface area contributed by atoms with Crippen molar-refractivity contribution in [3.05, 3.63) is 5.82 Å². The van der Waals surface area contributed by atoms with E-state index in [0.717, 1.165) is 5.82 Å². The van der Waals surface area contributed by atoms with Gasteiger partial charge in [0.05, 0.1) is 5.92 Å². The molecule has 2 atom stereocenters. The fraction of sp³-hybridized carbons (Fsp3) is 0.818. The second-order valence-electron chi connectivity index (χ2n) is 4.82. The highest BCUT2D eigenvalue weighted by atomic mass is 16.4. The Kier molecular flexibility index (Phi) is 4.60. The number of tetrazole rings is 1. The van der Waals surface area contributed by atoms with E-state index in [0.29, 0.717) is 18.9 Å². The van der Waals surface area contributed by atoms with Crippen molar-refractivity contribution in [3.8, 4) is 0 Å². The number of carboxylic acids is 1. The van der Waals surface area contributed by atoms with Gasteiger partial charge in [-0.25, -0.2) is 4.68 Å². The second kappa shape index (κ2) is 5.75. The lowest BCUT2D eigenvalue weighted by Gasteiger charge is -2.15. The molecule has 1 rings (SSSR count). The first-order valence-electron chi connectivity index (χ1n) is 5.92. The Morgan fingerprint density at radius 3 is 2.53 bits per heavy atom. The van der Waals surface area contributed by atoms with E-state index in [1.54, 1.807) is 11.6 Å². The SMILES string of the molecule is CC(CCn1nnnc1C(C)C(C)C)C(=O)O. The van der Waals surface area contributed by atoms with E-state index in [4.69, 9.17) is 5.11 Å². The first-order chi connectivity index (χ1) is 7.93. The molecule has 0 bridgehead atoms. The molecule has 0 amide bonds. The summed E-state index contributed by atoms with van der Waals surface area (Å²) in [4.78, 5) is 10.7. The normalized spacial score (nSPS) is 14.9. The summed E-state index contributed by atoms with van der Waals surface area (Å²) in [5, 5.41) is 20.4. The van der Waals surface area contributed by atoms with Gasteiger partial charge >= 0.3 is 5.97 Å². The van der Waals surface area contributed by atoms with Gasteiger partial charge in [0.2, 0.25) is 0 Å². The zero-order valence-corrected chi connectivity index (χ0v) is 10.8. The molecule has 1 aromatic heterocycles. The molecular formula is C11H20N4O2. The van der Waals surface area contributed by atoms with Gasteiger partial charge in [-0.3, -0.25) is 4.79 Å². The number of carbonyl (C=O) groups is 1. The van der Waals surface area contributed by atoms with Crippen molar-refractivity contribution in [2.24, 2.45) is 11.8 Å².